The summed E-state index contributed by atoms with van der Waals surface area (Å²) in [5.41, 5.74) is -1.88. The first-order chi connectivity index (χ1) is 9.33. The van der Waals surface area contributed by atoms with E-state index in [9.17, 15) is 24.4 Å². The van der Waals surface area contributed by atoms with Crippen LogP contribution in [0.2, 0.25) is 0 Å². The summed E-state index contributed by atoms with van der Waals surface area (Å²) in [7, 11) is 0. The standard InChI is InChI=1S/C13H17FN2O4/c1-3-13(18,4-2)8-15-12(17)10-6-5-9(14)7-11(10)16(19)20/h5-7,18H,3-4,8H2,1-2H3,(H,15,17). The number of amides is 1. The number of halogens is 1. The number of hydrogen-bond acceptors (Lipinski definition) is 4. The van der Waals surface area contributed by atoms with Crippen LogP contribution in [0, 0.1) is 15.9 Å². The highest BCUT2D eigenvalue weighted by atomic mass is 19.1. The van der Waals surface area contributed by atoms with Gasteiger partial charge in [0.2, 0.25) is 0 Å². The van der Waals surface area contributed by atoms with Crippen molar-refractivity contribution in [3.05, 3.63) is 39.7 Å². The van der Waals surface area contributed by atoms with Crippen LogP contribution in [0.15, 0.2) is 18.2 Å². The fourth-order valence-electron chi connectivity index (χ4n) is 1.69. The first-order valence-corrected chi connectivity index (χ1v) is 6.27. The number of nitrogens with one attached hydrogen (secondary N) is 1. The van der Waals surface area contributed by atoms with Crippen LogP contribution in [-0.4, -0.2) is 28.1 Å². The van der Waals surface area contributed by atoms with Gasteiger partial charge in [-0.1, -0.05) is 13.8 Å². The zero-order chi connectivity index (χ0) is 15.3. The summed E-state index contributed by atoms with van der Waals surface area (Å²) in [4.78, 5) is 21.9. The Hall–Kier alpha value is -2.02. The highest BCUT2D eigenvalue weighted by Crippen LogP contribution is 2.20. The minimum Gasteiger partial charge on any atom is -0.388 e. The smallest absolute Gasteiger partial charge is 0.285 e. The lowest BCUT2D eigenvalue weighted by molar-refractivity contribution is -0.385. The van der Waals surface area contributed by atoms with E-state index in [0.29, 0.717) is 18.9 Å². The van der Waals surface area contributed by atoms with E-state index in [-0.39, 0.29) is 12.1 Å². The number of benzene rings is 1. The third-order valence-electron chi connectivity index (χ3n) is 3.30. The Labute approximate surface area is 115 Å². The van der Waals surface area contributed by atoms with Gasteiger partial charge in [-0.25, -0.2) is 4.39 Å². The maximum atomic E-state index is 13.0. The highest BCUT2D eigenvalue weighted by Gasteiger charge is 2.26. The van der Waals surface area contributed by atoms with Crippen molar-refractivity contribution in [1.29, 1.82) is 0 Å². The van der Waals surface area contributed by atoms with E-state index in [1.807, 2.05) is 0 Å². The molecule has 0 spiro atoms. The average Bonchev–Trinajstić information content (AvgIpc) is 2.44. The van der Waals surface area contributed by atoms with Crippen molar-refractivity contribution >= 4 is 11.6 Å². The van der Waals surface area contributed by atoms with Crippen molar-refractivity contribution in [3.63, 3.8) is 0 Å². The number of hydrogen-bond donors (Lipinski definition) is 2. The number of rotatable bonds is 6. The lowest BCUT2D eigenvalue weighted by atomic mass is 9.97. The van der Waals surface area contributed by atoms with Crippen LogP contribution in [0.5, 0.6) is 0 Å². The summed E-state index contributed by atoms with van der Waals surface area (Å²) in [6.07, 6.45) is 0.880. The molecular formula is C13H17FN2O4. The summed E-state index contributed by atoms with van der Waals surface area (Å²) in [5.74, 6) is -1.50. The van der Waals surface area contributed by atoms with Gasteiger partial charge in [0.05, 0.1) is 16.6 Å². The first kappa shape index (κ1) is 16.0. The summed E-state index contributed by atoms with van der Waals surface area (Å²) in [5, 5.41) is 23.3. The second-order valence-corrected chi connectivity index (χ2v) is 4.53. The van der Waals surface area contributed by atoms with Crippen molar-refractivity contribution in [2.75, 3.05) is 6.54 Å². The van der Waals surface area contributed by atoms with Gasteiger partial charge in [0.15, 0.2) is 0 Å². The third kappa shape index (κ3) is 3.74. The molecule has 1 aromatic carbocycles. The zero-order valence-corrected chi connectivity index (χ0v) is 11.4. The van der Waals surface area contributed by atoms with Gasteiger partial charge in [-0.3, -0.25) is 14.9 Å². The molecule has 0 aliphatic carbocycles. The van der Waals surface area contributed by atoms with E-state index in [1.54, 1.807) is 13.8 Å². The quantitative estimate of drug-likeness (QED) is 0.617. The largest absolute Gasteiger partial charge is 0.388 e. The Morgan fingerprint density at radius 3 is 2.55 bits per heavy atom. The summed E-state index contributed by atoms with van der Waals surface area (Å²) in [6.45, 7) is 3.53. The highest BCUT2D eigenvalue weighted by molar-refractivity contribution is 5.98. The second-order valence-electron chi connectivity index (χ2n) is 4.53. The van der Waals surface area contributed by atoms with Gasteiger partial charge in [0, 0.05) is 6.54 Å². The van der Waals surface area contributed by atoms with Crippen LogP contribution in [0.4, 0.5) is 10.1 Å². The number of nitrogens with zero attached hydrogens (tertiary/aromatic N) is 1. The molecule has 2 N–H and O–H groups in total. The molecule has 0 radical (unpaired) electrons. The lowest BCUT2D eigenvalue weighted by Crippen LogP contribution is -2.42. The molecule has 0 aliphatic rings. The molecule has 110 valence electrons. The molecule has 0 aliphatic heterocycles. The molecule has 20 heavy (non-hydrogen) atoms. The van der Waals surface area contributed by atoms with E-state index in [4.69, 9.17) is 0 Å². The summed E-state index contributed by atoms with van der Waals surface area (Å²) >= 11 is 0. The fourth-order valence-corrected chi connectivity index (χ4v) is 1.69. The van der Waals surface area contributed by atoms with Gasteiger partial charge in [-0.15, -0.1) is 0 Å². The van der Waals surface area contributed by atoms with Crippen molar-refractivity contribution < 1.29 is 19.2 Å². The minimum absolute atomic E-state index is 0.0205. The van der Waals surface area contributed by atoms with Crippen molar-refractivity contribution in [1.82, 2.24) is 5.32 Å². The average molecular weight is 284 g/mol. The fraction of sp³-hybridized carbons (Fsp3) is 0.462. The molecular weight excluding hydrogens is 267 g/mol. The molecule has 0 unspecified atom stereocenters. The maximum Gasteiger partial charge on any atom is 0.285 e. The second kappa shape index (κ2) is 6.42. The molecule has 0 fully saturated rings. The number of nitro groups is 1. The van der Waals surface area contributed by atoms with Gasteiger partial charge >= 0.3 is 0 Å². The van der Waals surface area contributed by atoms with Crippen LogP contribution in [-0.2, 0) is 0 Å². The van der Waals surface area contributed by atoms with Crippen molar-refractivity contribution in [2.24, 2.45) is 0 Å². The predicted octanol–water partition coefficient (Wildman–Crippen LogP) is 2.01. The molecule has 7 heteroatoms. The van der Waals surface area contributed by atoms with E-state index in [0.717, 1.165) is 12.1 Å². The van der Waals surface area contributed by atoms with Gasteiger partial charge in [-0.05, 0) is 25.0 Å². The van der Waals surface area contributed by atoms with Gasteiger partial charge in [-0.2, -0.15) is 0 Å². The monoisotopic (exact) mass is 284 g/mol. The van der Waals surface area contributed by atoms with E-state index >= 15 is 0 Å². The summed E-state index contributed by atoms with van der Waals surface area (Å²) in [6, 6.07) is 2.73. The van der Waals surface area contributed by atoms with Crippen LogP contribution in [0.1, 0.15) is 37.0 Å². The molecule has 0 atom stereocenters. The van der Waals surface area contributed by atoms with Crippen molar-refractivity contribution in [3.8, 4) is 0 Å². The van der Waals surface area contributed by atoms with Crippen LogP contribution >= 0.6 is 0 Å². The molecule has 1 amide bonds. The number of aliphatic hydroxyl groups is 1. The number of carbonyl (C=O) groups excluding carboxylic acids is 1. The Morgan fingerprint density at radius 2 is 2.05 bits per heavy atom. The molecule has 0 aromatic heterocycles. The summed E-state index contributed by atoms with van der Waals surface area (Å²) < 4.78 is 13.0. The Morgan fingerprint density at radius 1 is 1.45 bits per heavy atom. The van der Waals surface area contributed by atoms with E-state index in [1.165, 1.54) is 0 Å². The van der Waals surface area contributed by atoms with Crippen LogP contribution in [0.25, 0.3) is 0 Å². The van der Waals surface area contributed by atoms with Gasteiger partial charge in [0.1, 0.15) is 11.4 Å². The first-order valence-electron chi connectivity index (χ1n) is 6.27. The lowest BCUT2D eigenvalue weighted by Gasteiger charge is -2.25. The molecule has 0 bridgehead atoms. The molecule has 0 saturated heterocycles. The minimum atomic E-state index is -1.05. The topological polar surface area (TPSA) is 92.5 Å². The van der Waals surface area contributed by atoms with E-state index < -0.39 is 27.9 Å². The number of nitro benzene ring substituents is 1. The maximum absolute atomic E-state index is 13.0. The predicted molar refractivity (Wildman–Crippen MR) is 70.9 cm³/mol. The Kier molecular flexibility index (Phi) is 5.15. The third-order valence-corrected chi connectivity index (χ3v) is 3.30. The van der Waals surface area contributed by atoms with E-state index in [2.05, 4.69) is 5.32 Å². The SMILES string of the molecule is CCC(O)(CC)CNC(=O)c1ccc(F)cc1[N+](=O)[O-]. The molecule has 6 nitrogen and oxygen atoms in total. The molecule has 0 heterocycles. The van der Waals surface area contributed by atoms with Crippen LogP contribution in [0.3, 0.4) is 0 Å². The van der Waals surface area contributed by atoms with Crippen molar-refractivity contribution in [2.45, 2.75) is 32.3 Å². The molecule has 0 saturated carbocycles. The van der Waals surface area contributed by atoms with Crippen LogP contribution < -0.4 is 5.32 Å². The number of carbonyl (C=O) groups is 1. The zero-order valence-electron chi connectivity index (χ0n) is 11.4. The Bertz CT molecular complexity index is 515. The Balaban J connectivity index is 2.91. The molecule has 1 rings (SSSR count). The van der Waals surface area contributed by atoms with Gasteiger partial charge in [0.25, 0.3) is 11.6 Å². The normalized spacial score (nSPS) is 11.2. The van der Waals surface area contributed by atoms with Gasteiger partial charge < -0.3 is 10.4 Å². The molecule has 1 aromatic rings.